The fourth-order valence-electron chi connectivity index (χ4n) is 4.27. The summed E-state index contributed by atoms with van der Waals surface area (Å²) >= 11 is 0. The zero-order chi connectivity index (χ0) is 18.0. The Hall–Kier alpha value is -1.79. The summed E-state index contributed by atoms with van der Waals surface area (Å²) in [6.45, 7) is 2.03. The van der Waals surface area contributed by atoms with E-state index in [2.05, 4.69) is 0 Å². The molecule has 1 aliphatic heterocycles. The first-order chi connectivity index (χ1) is 11.9. The summed E-state index contributed by atoms with van der Waals surface area (Å²) in [5.74, 6) is 0.304. The number of ether oxygens (including phenoxy) is 1. The number of likely N-dealkylation sites (N-methyl/N-ethyl adjacent to an activating group) is 1. The summed E-state index contributed by atoms with van der Waals surface area (Å²) < 4.78 is 5.14. The molecule has 2 atom stereocenters. The van der Waals surface area contributed by atoms with E-state index >= 15 is 0 Å². The number of amides is 1. The molecule has 0 spiro atoms. The van der Waals surface area contributed by atoms with Crippen LogP contribution in [0.2, 0.25) is 0 Å². The van der Waals surface area contributed by atoms with Crippen LogP contribution in [-0.4, -0.2) is 60.6 Å². The highest BCUT2D eigenvalue weighted by Crippen LogP contribution is 2.48. The van der Waals surface area contributed by atoms with Crippen LogP contribution in [0.25, 0.3) is 0 Å². The predicted octanol–water partition coefficient (Wildman–Crippen LogP) is 2.26. The number of likely N-dealkylation sites (tertiary alicyclic amines) is 1. The maximum absolute atomic E-state index is 12.5. The second-order valence-electron chi connectivity index (χ2n) is 7.32. The Morgan fingerprint density at radius 2 is 2.04 bits per heavy atom. The maximum Gasteiger partial charge on any atom is 0.311 e. The minimum Gasteiger partial charge on any atom is -0.497 e. The number of rotatable bonds is 6. The van der Waals surface area contributed by atoms with E-state index in [0.717, 1.165) is 30.6 Å². The van der Waals surface area contributed by atoms with E-state index < -0.39 is 11.4 Å². The molecule has 3 rings (SSSR count). The highest BCUT2D eigenvalue weighted by atomic mass is 35.5. The van der Waals surface area contributed by atoms with Gasteiger partial charge >= 0.3 is 5.97 Å². The van der Waals surface area contributed by atoms with Crippen molar-refractivity contribution in [1.29, 1.82) is 0 Å². The fraction of sp³-hybridized carbons (Fsp3) is 0.579. The average Bonchev–Trinajstić information content (AvgIpc) is 3.13. The number of carboxylic acids is 1. The number of halogens is 1. The smallest absolute Gasteiger partial charge is 0.311 e. The molecule has 0 unspecified atom stereocenters. The second kappa shape index (κ2) is 8.27. The van der Waals surface area contributed by atoms with E-state index in [9.17, 15) is 14.7 Å². The van der Waals surface area contributed by atoms with Gasteiger partial charge < -0.3 is 14.7 Å². The van der Waals surface area contributed by atoms with Crippen molar-refractivity contribution in [3.05, 3.63) is 29.8 Å². The van der Waals surface area contributed by atoms with Crippen LogP contribution in [0, 0.1) is 11.3 Å². The standard InChI is InChI=1S/C19H26N2O4.ClH/c1-20(10-14-5-7-16(25-2)8-6-14)17(22)12-21-11-15-4-3-9-19(15,13-21)18(23)24;/h5-8,15H,3-4,9-13H2,1-2H3,(H,23,24);1H/t15-,19+;/m0./s1. The van der Waals surface area contributed by atoms with Gasteiger partial charge in [0.05, 0.1) is 19.1 Å². The number of hydrogen-bond donors (Lipinski definition) is 1. The van der Waals surface area contributed by atoms with Crippen LogP contribution in [0.1, 0.15) is 24.8 Å². The molecule has 1 heterocycles. The molecule has 0 bridgehead atoms. The van der Waals surface area contributed by atoms with Crippen LogP contribution >= 0.6 is 12.4 Å². The summed E-state index contributed by atoms with van der Waals surface area (Å²) in [5, 5.41) is 9.64. The zero-order valence-corrected chi connectivity index (χ0v) is 16.1. The van der Waals surface area contributed by atoms with Gasteiger partial charge in [0.15, 0.2) is 0 Å². The fourth-order valence-corrected chi connectivity index (χ4v) is 4.27. The Morgan fingerprint density at radius 3 is 2.62 bits per heavy atom. The zero-order valence-electron chi connectivity index (χ0n) is 15.3. The molecule has 0 aromatic heterocycles. The lowest BCUT2D eigenvalue weighted by atomic mass is 9.81. The number of fused-ring (bicyclic) bond motifs is 1. The third-order valence-electron chi connectivity index (χ3n) is 5.73. The van der Waals surface area contributed by atoms with Crippen LogP contribution in [0.15, 0.2) is 24.3 Å². The molecule has 6 nitrogen and oxygen atoms in total. The van der Waals surface area contributed by atoms with Gasteiger partial charge in [0.25, 0.3) is 0 Å². The number of nitrogens with zero attached hydrogens (tertiary/aromatic N) is 2. The van der Waals surface area contributed by atoms with Crippen molar-refractivity contribution in [2.75, 3.05) is 33.8 Å². The van der Waals surface area contributed by atoms with E-state index in [1.165, 1.54) is 0 Å². The van der Waals surface area contributed by atoms with Gasteiger partial charge in [-0.3, -0.25) is 14.5 Å². The van der Waals surface area contributed by atoms with Gasteiger partial charge in [0, 0.05) is 26.7 Å². The van der Waals surface area contributed by atoms with Gasteiger partial charge in [0.2, 0.25) is 5.91 Å². The topological polar surface area (TPSA) is 70.1 Å². The number of carbonyl (C=O) groups is 2. The minimum atomic E-state index is -0.698. The highest BCUT2D eigenvalue weighted by Gasteiger charge is 2.54. The Balaban J connectivity index is 0.00000243. The third kappa shape index (κ3) is 3.96. The summed E-state index contributed by atoms with van der Waals surface area (Å²) in [7, 11) is 3.41. The largest absolute Gasteiger partial charge is 0.497 e. The molecule has 26 heavy (non-hydrogen) atoms. The molecule has 2 aliphatic rings. The molecular weight excluding hydrogens is 356 g/mol. The van der Waals surface area contributed by atoms with Gasteiger partial charge in [-0.15, -0.1) is 12.4 Å². The summed E-state index contributed by atoms with van der Waals surface area (Å²) in [6.07, 6.45) is 2.67. The van der Waals surface area contributed by atoms with Gasteiger partial charge in [-0.2, -0.15) is 0 Å². The molecule has 144 valence electrons. The average molecular weight is 383 g/mol. The number of benzene rings is 1. The monoisotopic (exact) mass is 382 g/mol. The molecule has 1 aromatic carbocycles. The minimum absolute atomic E-state index is 0. The van der Waals surface area contributed by atoms with Crippen molar-refractivity contribution in [2.24, 2.45) is 11.3 Å². The summed E-state index contributed by atoms with van der Waals surface area (Å²) in [4.78, 5) is 28.0. The SMILES string of the molecule is COc1ccc(CN(C)C(=O)CN2C[C@@H]3CCC[C@@]3(C(=O)O)C2)cc1.Cl. The Labute approximate surface area is 160 Å². The number of methoxy groups -OCH3 is 1. The Morgan fingerprint density at radius 1 is 1.35 bits per heavy atom. The van der Waals surface area contributed by atoms with Gasteiger partial charge in [-0.05, 0) is 36.5 Å². The van der Waals surface area contributed by atoms with Gasteiger partial charge in [-0.1, -0.05) is 18.6 Å². The number of carbonyl (C=O) groups excluding carboxylic acids is 1. The molecule has 1 saturated carbocycles. The molecule has 1 aromatic rings. The Bertz CT molecular complexity index is 651. The van der Waals surface area contributed by atoms with Crippen molar-refractivity contribution in [3.63, 3.8) is 0 Å². The first-order valence-electron chi connectivity index (χ1n) is 8.77. The maximum atomic E-state index is 12.5. The van der Waals surface area contributed by atoms with Crippen LogP contribution < -0.4 is 4.74 Å². The summed E-state index contributed by atoms with van der Waals surface area (Å²) in [5.41, 5.74) is 0.409. The normalized spacial score (nSPS) is 24.6. The number of hydrogen-bond acceptors (Lipinski definition) is 4. The molecule has 0 radical (unpaired) electrons. The van der Waals surface area contributed by atoms with E-state index in [4.69, 9.17) is 4.74 Å². The first-order valence-corrected chi connectivity index (χ1v) is 8.77. The Kier molecular flexibility index (Phi) is 6.53. The highest BCUT2D eigenvalue weighted by molar-refractivity contribution is 5.85. The molecule has 1 aliphatic carbocycles. The molecule has 2 fully saturated rings. The molecular formula is C19H27ClN2O4. The van der Waals surface area contributed by atoms with Crippen molar-refractivity contribution >= 4 is 24.3 Å². The van der Waals surface area contributed by atoms with Gasteiger partial charge in [-0.25, -0.2) is 0 Å². The first kappa shape index (κ1) is 20.5. The molecule has 7 heteroatoms. The van der Waals surface area contributed by atoms with Crippen molar-refractivity contribution in [3.8, 4) is 5.75 Å². The van der Waals surface area contributed by atoms with E-state index in [1.807, 2.05) is 29.2 Å². The van der Waals surface area contributed by atoms with E-state index in [1.54, 1.807) is 19.1 Å². The van der Waals surface area contributed by atoms with Crippen molar-refractivity contribution in [2.45, 2.75) is 25.8 Å². The predicted molar refractivity (Wildman–Crippen MR) is 101 cm³/mol. The quantitative estimate of drug-likeness (QED) is 0.817. The number of carboxylic acid groups (broad SMARTS) is 1. The molecule has 1 saturated heterocycles. The lowest BCUT2D eigenvalue weighted by Crippen LogP contribution is -2.40. The van der Waals surface area contributed by atoms with E-state index in [0.29, 0.717) is 19.6 Å². The lowest BCUT2D eigenvalue weighted by molar-refractivity contribution is -0.149. The van der Waals surface area contributed by atoms with Crippen LogP contribution in [0.3, 0.4) is 0 Å². The molecule has 1 amide bonds. The lowest BCUT2D eigenvalue weighted by Gasteiger charge is -2.24. The van der Waals surface area contributed by atoms with Crippen LogP contribution in [-0.2, 0) is 16.1 Å². The van der Waals surface area contributed by atoms with Crippen molar-refractivity contribution < 1.29 is 19.4 Å². The van der Waals surface area contributed by atoms with Crippen LogP contribution in [0.5, 0.6) is 5.75 Å². The van der Waals surface area contributed by atoms with Crippen LogP contribution in [0.4, 0.5) is 0 Å². The second-order valence-corrected chi connectivity index (χ2v) is 7.32. The number of aliphatic carboxylic acids is 1. The van der Waals surface area contributed by atoms with Crippen molar-refractivity contribution in [1.82, 2.24) is 9.80 Å². The van der Waals surface area contributed by atoms with E-state index in [-0.39, 0.29) is 30.8 Å². The molecule has 1 N–H and O–H groups in total. The van der Waals surface area contributed by atoms with Gasteiger partial charge in [0.1, 0.15) is 5.75 Å². The summed E-state index contributed by atoms with van der Waals surface area (Å²) in [6, 6.07) is 7.66. The third-order valence-corrected chi connectivity index (χ3v) is 5.73.